The fourth-order valence-corrected chi connectivity index (χ4v) is 4.67. The van der Waals surface area contributed by atoms with Crippen molar-refractivity contribution in [2.75, 3.05) is 31.1 Å². The van der Waals surface area contributed by atoms with Gasteiger partial charge >= 0.3 is 0 Å². The zero-order valence-electron chi connectivity index (χ0n) is 21.7. The number of ether oxygens (including phenoxy) is 1. The van der Waals surface area contributed by atoms with Crippen LogP contribution in [0.25, 0.3) is 22.4 Å². The SMILES string of the molecule is CCCCOc1ccc(-c2ccc([C@H]3CN(c4nc(-c5ccncc5F)cc(=O)n4C)CCN3)cc2)cc1. The summed E-state index contributed by atoms with van der Waals surface area (Å²) in [5.74, 6) is 0.910. The Labute approximate surface area is 222 Å². The van der Waals surface area contributed by atoms with Crippen molar-refractivity contribution in [2.24, 2.45) is 7.05 Å². The van der Waals surface area contributed by atoms with Crippen molar-refractivity contribution in [3.63, 3.8) is 0 Å². The molecule has 1 atom stereocenters. The summed E-state index contributed by atoms with van der Waals surface area (Å²) in [5.41, 5.74) is 3.77. The van der Waals surface area contributed by atoms with Crippen molar-refractivity contribution in [3.05, 3.63) is 94.8 Å². The van der Waals surface area contributed by atoms with Gasteiger partial charge in [0.2, 0.25) is 5.95 Å². The van der Waals surface area contributed by atoms with E-state index in [9.17, 15) is 9.18 Å². The third-order valence-electron chi connectivity index (χ3n) is 6.89. The minimum absolute atomic E-state index is 0.0605. The van der Waals surface area contributed by atoms with Gasteiger partial charge in [0, 0.05) is 50.6 Å². The van der Waals surface area contributed by atoms with Crippen LogP contribution in [-0.2, 0) is 7.05 Å². The summed E-state index contributed by atoms with van der Waals surface area (Å²) in [6.45, 7) is 4.94. The van der Waals surface area contributed by atoms with Gasteiger partial charge in [-0.25, -0.2) is 9.37 Å². The molecule has 5 rings (SSSR count). The van der Waals surface area contributed by atoms with Crippen molar-refractivity contribution in [1.29, 1.82) is 0 Å². The standard InChI is InChI=1S/C30H32FN5O2/c1-3-4-17-38-24-11-9-22(10-12-24)21-5-7-23(8-6-21)28-20-36(16-15-33-28)30-34-27(18-29(37)35(30)2)25-13-14-32-19-26(25)31/h5-14,18-19,28,33H,3-4,15-17,20H2,1-2H3/t28-/m1/s1. The normalized spacial score (nSPS) is 15.4. The predicted octanol–water partition coefficient (Wildman–Crippen LogP) is 4.98. The molecule has 0 radical (unpaired) electrons. The van der Waals surface area contributed by atoms with Gasteiger partial charge in [0.05, 0.1) is 18.5 Å². The number of unbranched alkanes of at least 4 members (excludes halogenated alkanes) is 1. The highest BCUT2D eigenvalue weighted by molar-refractivity contribution is 5.65. The highest BCUT2D eigenvalue weighted by Gasteiger charge is 2.24. The second-order valence-corrected chi connectivity index (χ2v) is 9.50. The molecule has 38 heavy (non-hydrogen) atoms. The van der Waals surface area contributed by atoms with E-state index in [0.717, 1.165) is 54.6 Å². The van der Waals surface area contributed by atoms with Crippen LogP contribution in [0.5, 0.6) is 5.75 Å². The highest BCUT2D eigenvalue weighted by Crippen LogP contribution is 2.27. The number of nitrogens with one attached hydrogen (secondary N) is 1. The Hall–Kier alpha value is -4.04. The number of halogens is 1. The number of piperazine rings is 1. The molecule has 1 N–H and O–H groups in total. The number of aromatic nitrogens is 3. The first-order chi connectivity index (χ1) is 18.5. The van der Waals surface area contributed by atoms with Crippen molar-refractivity contribution >= 4 is 5.95 Å². The first-order valence-corrected chi connectivity index (χ1v) is 13.0. The summed E-state index contributed by atoms with van der Waals surface area (Å²) in [5, 5.41) is 3.57. The maximum absolute atomic E-state index is 14.4. The van der Waals surface area contributed by atoms with Crippen LogP contribution in [0.4, 0.5) is 10.3 Å². The lowest BCUT2D eigenvalue weighted by Crippen LogP contribution is -2.47. The van der Waals surface area contributed by atoms with Crippen LogP contribution in [0, 0.1) is 5.82 Å². The Morgan fingerprint density at radius 1 is 1.08 bits per heavy atom. The Morgan fingerprint density at radius 3 is 2.53 bits per heavy atom. The van der Waals surface area contributed by atoms with E-state index in [4.69, 9.17) is 4.74 Å². The minimum Gasteiger partial charge on any atom is -0.494 e. The number of rotatable bonds is 8. The summed E-state index contributed by atoms with van der Waals surface area (Å²) >= 11 is 0. The Balaban J connectivity index is 1.32. The maximum Gasteiger partial charge on any atom is 0.255 e. The van der Waals surface area contributed by atoms with E-state index in [1.165, 1.54) is 22.9 Å². The quantitative estimate of drug-likeness (QED) is 0.335. The molecule has 4 aromatic rings. The Kier molecular flexibility index (Phi) is 7.79. The van der Waals surface area contributed by atoms with E-state index < -0.39 is 5.82 Å². The molecule has 0 spiro atoms. The van der Waals surface area contributed by atoms with E-state index in [1.807, 2.05) is 12.1 Å². The van der Waals surface area contributed by atoms with Gasteiger partial charge in [0.15, 0.2) is 5.82 Å². The topological polar surface area (TPSA) is 72.3 Å². The Bertz CT molecular complexity index is 1440. The number of benzene rings is 2. The largest absolute Gasteiger partial charge is 0.494 e. The number of anilines is 1. The fraction of sp³-hybridized carbons (Fsp3) is 0.300. The third-order valence-corrected chi connectivity index (χ3v) is 6.89. The lowest BCUT2D eigenvalue weighted by Gasteiger charge is -2.35. The molecule has 0 aliphatic carbocycles. The van der Waals surface area contributed by atoms with Crippen molar-refractivity contribution < 1.29 is 9.13 Å². The van der Waals surface area contributed by atoms with Crippen LogP contribution in [0.15, 0.2) is 77.9 Å². The van der Waals surface area contributed by atoms with E-state index >= 15 is 0 Å². The van der Waals surface area contributed by atoms with E-state index in [2.05, 4.69) is 63.5 Å². The van der Waals surface area contributed by atoms with Gasteiger partial charge in [0.25, 0.3) is 5.56 Å². The zero-order chi connectivity index (χ0) is 26.5. The molecule has 2 aromatic heterocycles. The molecule has 8 heteroatoms. The number of hydrogen-bond donors (Lipinski definition) is 1. The number of hydrogen-bond acceptors (Lipinski definition) is 6. The number of pyridine rings is 1. The minimum atomic E-state index is -0.504. The molecule has 3 heterocycles. The molecule has 1 fully saturated rings. The smallest absolute Gasteiger partial charge is 0.255 e. The van der Waals surface area contributed by atoms with Crippen molar-refractivity contribution in [1.82, 2.24) is 19.9 Å². The van der Waals surface area contributed by atoms with Gasteiger partial charge in [-0.1, -0.05) is 49.7 Å². The maximum atomic E-state index is 14.4. The monoisotopic (exact) mass is 513 g/mol. The van der Waals surface area contributed by atoms with Gasteiger partial charge in [0.1, 0.15) is 5.75 Å². The second kappa shape index (κ2) is 11.6. The van der Waals surface area contributed by atoms with E-state index in [-0.39, 0.29) is 17.2 Å². The fourth-order valence-electron chi connectivity index (χ4n) is 4.67. The average Bonchev–Trinajstić information content (AvgIpc) is 2.95. The zero-order valence-corrected chi connectivity index (χ0v) is 21.7. The molecule has 1 saturated heterocycles. The first-order valence-electron chi connectivity index (χ1n) is 13.0. The summed E-state index contributed by atoms with van der Waals surface area (Å²) in [4.78, 5) is 23.3. The van der Waals surface area contributed by atoms with Crippen LogP contribution < -0.4 is 20.5 Å². The van der Waals surface area contributed by atoms with Gasteiger partial charge in [-0.2, -0.15) is 0 Å². The van der Waals surface area contributed by atoms with Gasteiger partial charge < -0.3 is 15.0 Å². The lowest BCUT2D eigenvalue weighted by molar-refractivity contribution is 0.309. The van der Waals surface area contributed by atoms with Crippen LogP contribution in [0.1, 0.15) is 31.4 Å². The molecule has 7 nitrogen and oxygen atoms in total. The van der Waals surface area contributed by atoms with Gasteiger partial charge in [-0.3, -0.25) is 14.3 Å². The van der Waals surface area contributed by atoms with Crippen LogP contribution in [0.2, 0.25) is 0 Å². The highest BCUT2D eigenvalue weighted by atomic mass is 19.1. The van der Waals surface area contributed by atoms with E-state index in [1.54, 1.807) is 7.05 Å². The predicted molar refractivity (Wildman–Crippen MR) is 148 cm³/mol. The molecule has 2 aromatic carbocycles. The van der Waals surface area contributed by atoms with Crippen LogP contribution in [0.3, 0.4) is 0 Å². The van der Waals surface area contributed by atoms with E-state index in [0.29, 0.717) is 24.7 Å². The van der Waals surface area contributed by atoms with Crippen molar-refractivity contribution in [2.45, 2.75) is 25.8 Å². The summed E-state index contributed by atoms with van der Waals surface area (Å²) in [7, 11) is 1.70. The van der Waals surface area contributed by atoms with Crippen LogP contribution >= 0.6 is 0 Å². The molecule has 196 valence electrons. The van der Waals surface area contributed by atoms with Crippen LogP contribution in [-0.4, -0.2) is 40.8 Å². The number of nitrogens with zero attached hydrogens (tertiary/aromatic N) is 4. The molecule has 0 saturated carbocycles. The summed E-state index contributed by atoms with van der Waals surface area (Å²) < 4.78 is 21.7. The summed E-state index contributed by atoms with van der Waals surface area (Å²) in [6, 6.07) is 19.7. The van der Waals surface area contributed by atoms with Crippen molar-refractivity contribution in [3.8, 4) is 28.1 Å². The molecule has 1 aliphatic rings. The third kappa shape index (κ3) is 5.60. The molecule has 0 unspecified atom stereocenters. The molecular weight excluding hydrogens is 481 g/mol. The summed E-state index contributed by atoms with van der Waals surface area (Å²) in [6.07, 6.45) is 4.80. The molecule has 1 aliphatic heterocycles. The molecular formula is C30H32FN5O2. The average molecular weight is 514 g/mol. The lowest BCUT2D eigenvalue weighted by atomic mass is 9.99. The van der Waals surface area contributed by atoms with Gasteiger partial charge in [-0.05, 0) is 41.3 Å². The first kappa shape index (κ1) is 25.6. The Morgan fingerprint density at radius 2 is 1.82 bits per heavy atom. The molecule has 0 amide bonds. The molecule has 0 bridgehead atoms. The van der Waals surface area contributed by atoms with Gasteiger partial charge in [-0.15, -0.1) is 0 Å². The second-order valence-electron chi connectivity index (χ2n) is 9.50.